The number of aromatic nitrogens is 4. The van der Waals surface area contributed by atoms with E-state index in [0.717, 1.165) is 6.42 Å². The summed E-state index contributed by atoms with van der Waals surface area (Å²) in [5, 5.41) is 2.37. The number of nitrogens with one attached hydrogen (secondary N) is 2. The number of imidazole rings is 1. The van der Waals surface area contributed by atoms with Crippen molar-refractivity contribution in [1.29, 1.82) is 0 Å². The maximum atomic E-state index is 12.7. The second kappa shape index (κ2) is 7.39. The molecule has 2 aliphatic carbocycles. The number of amides is 3. The van der Waals surface area contributed by atoms with Crippen molar-refractivity contribution in [2.75, 3.05) is 18.5 Å². The van der Waals surface area contributed by atoms with Gasteiger partial charge in [-0.15, -0.1) is 0 Å². The van der Waals surface area contributed by atoms with Crippen molar-refractivity contribution in [3.05, 3.63) is 28.8 Å². The van der Waals surface area contributed by atoms with Crippen LogP contribution in [-0.4, -0.2) is 61.3 Å². The second-order valence-electron chi connectivity index (χ2n) is 8.19. The van der Waals surface area contributed by atoms with Crippen molar-refractivity contribution >= 4 is 40.8 Å². The Labute approximate surface area is 180 Å². The fourth-order valence-corrected chi connectivity index (χ4v) is 4.92. The van der Waals surface area contributed by atoms with E-state index in [1.807, 2.05) is 12.2 Å². The number of ether oxygens (including phenoxy) is 1. The average molecular weight is 440 g/mol. The molecule has 2 aromatic heterocycles. The topological polar surface area (TPSA) is 156 Å². The number of esters is 1. The molecule has 3 aliphatic rings. The monoisotopic (exact) mass is 440 g/mol. The van der Waals surface area contributed by atoms with E-state index in [4.69, 9.17) is 4.74 Å². The first-order valence-corrected chi connectivity index (χ1v) is 10.3. The molecule has 5 rings (SSSR count). The predicted molar refractivity (Wildman–Crippen MR) is 108 cm³/mol. The highest BCUT2D eigenvalue weighted by Gasteiger charge is 2.59. The van der Waals surface area contributed by atoms with Crippen LogP contribution >= 0.6 is 0 Å². The number of fused-ring (bicyclic) bond motifs is 6. The van der Waals surface area contributed by atoms with Crippen molar-refractivity contribution in [3.63, 3.8) is 0 Å². The highest BCUT2D eigenvalue weighted by atomic mass is 16.5. The maximum absolute atomic E-state index is 12.7. The molecule has 1 saturated heterocycles. The summed E-state index contributed by atoms with van der Waals surface area (Å²) in [4.78, 5) is 72.5. The molecule has 0 radical (unpaired) electrons. The van der Waals surface area contributed by atoms with Crippen molar-refractivity contribution in [1.82, 2.24) is 24.4 Å². The van der Waals surface area contributed by atoms with Crippen LogP contribution in [0.5, 0.6) is 0 Å². The van der Waals surface area contributed by atoms with E-state index in [2.05, 4.69) is 20.3 Å². The molecule has 12 nitrogen and oxygen atoms in total. The Morgan fingerprint density at radius 1 is 1.19 bits per heavy atom. The molecule has 32 heavy (non-hydrogen) atoms. The van der Waals surface area contributed by atoms with E-state index in [-0.39, 0.29) is 72.3 Å². The summed E-state index contributed by atoms with van der Waals surface area (Å²) >= 11 is 0. The standard InChI is InChI=1S/C20H20N6O6/c1-9(27)22-20-23-16-15(17(29)24-20)21-8-25(16)7-12(28)32-5-4-26-18(30)13-10-2-3-11(6-10)14(13)19(26)31/h2-3,8,10-11,13-14H,4-7H2,1H3,(H2,22,23,24,27,29)/t10-,11+,13+,14-. The molecule has 3 amide bonds. The number of H-pyrrole nitrogens is 1. The van der Waals surface area contributed by atoms with Crippen LogP contribution in [0.15, 0.2) is 23.3 Å². The van der Waals surface area contributed by atoms with Crippen molar-refractivity contribution in [2.45, 2.75) is 19.9 Å². The van der Waals surface area contributed by atoms with E-state index in [1.54, 1.807) is 0 Å². The fourth-order valence-electron chi connectivity index (χ4n) is 4.92. The lowest BCUT2D eigenvalue weighted by Gasteiger charge is -2.17. The third-order valence-corrected chi connectivity index (χ3v) is 6.21. The van der Waals surface area contributed by atoms with Crippen LogP contribution in [0.2, 0.25) is 0 Å². The zero-order valence-corrected chi connectivity index (χ0v) is 17.1. The van der Waals surface area contributed by atoms with E-state index >= 15 is 0 Å². The van der Waals surface area contributed by atoms with Gasteiger partial charge in [0, 0.05) is 6.92 Å². The van der Waals surface area contributed by atoms with Gasteiger partial charge in [0.1, 0.15) is 13.2 Å². The van der Waals surface area contributed by atoms with Gasteiger partial charge in [0.15, 0.2) is 11.2 Å². The minimum absolute atomic E-state index is 0.00508. The molecular weight excluding hydrogens is 420 g/mol. The minimum Gasteiger partial charge on any atom is -0.462 e. The number of hydrogen-bond donors (Lipinski definition) is 2. The zero-order valence-electron chi connectivity index (χ0n) is 17.1. The van der Waals surface area contributed by atoms with Gasteiger partial charge < -0.3 is 9.30 Å². The van der Waals surface area contributed by atoms with Gasteiger partial charge in [-0.3, -0.25) is 39.2 Å². The first-order valence-electron chi connectivity index (χ1n) is 10.3. The Hall–Kier alpha value is -3.83. The molecule has 2 N–H and O–H groups in total. The Balaban J connectivity index is 1.21. The molecule has 1 saturated carbocycles. The zero-order chi connectivity index (χ0) is 22.6. The van der Waals surface area contributed by atoms with Crippen LogP contribution in [0, 0.1) is 23.7 Å². The van der Waals surface area contributed by atoms with Crippen molar-refractivity contribution < 1.29 is 23.9 Å². The van der Waals surface area contributed by atoms with Gasteiger partial charge in [0.05, 0.1) is 24.7 Å². The molecule has 4 atom stereocenters. The van der Waals surface area contributed by atoms with Gasteiger partial charge >= 0.3 is 5.97 Å². The largest absolute Gasteiger partial charge is 0.462 e. The summed E-state index contributed by atoms with van der Waals surface area (Å²) in [6.07, 6.45) is 6.16. The SMILES string of the molecule is CC(=O)Nc1nc2c(ncn2CC(=O)OCCN2C(=O)[C@@H]3[C@H](C2=O)[C@H]2C=C[C@@H]3C2)c(=O)[nH]1. The van der Waals surface area contributed by atoms with E-state index < -0.39 is 17.4 Å². The molecule has 12 heteroatoms. The Kier molecular flexibility index (Phi) is 4.64. The molecule has 0 spiro atoms. The van der Waals surface area contributed by atoms with E-state index in [1.165, 1.54) is 22.7 Å². The number of aromatic amines is 1. The number of likely N-dealkylation sites (tertiary alicyclic amines) is 1. The normalized spacial score (nSPS) is 25.6. The van der Waals surface area contributed by atoms with Crippen LogP contribution in [-0.2, 0) is 30.5 Å². The summed E-state index contributed by atoms with van der Waals surface area (Å²) in [6.45, 7) is 0.859. The number of hydrogen-bond acceptors (Lipinski definition) is 8. The molecule has 0 aromatic carbocycles. The number of anilines is 1. The number of carbonyl (C=O) groups is 4. The number of allylic oxidation sites excluding steroid dienone is 2. The van der Waals surface area contributed by atoms with Crippen LogP contribution in [0.3, 0.4) is 0 Å². The summed E-state index contributed by atoms with van der Waals surface area (Å²) in [6, 6.07) is 0. The number of imide groups is 1. The quantitative estimate of drug-likeness (QED) is 0.343. The second-order valence-corrected chi connectivity index (χ2v) is 8.19. The average Bonchev–Trinajstić information content (AvgIpc) is 3.48. The van der Waals surface area contributed by atoms with Gasteiger partial charge in [-0.2, -0.15) is 4.98 Å². The molecule has 0 unspecified atom stereocenters. The van der Waals surface area contributed by atoms with Crippen molar-refractivity contribution in [2.24, 2.45) is 23.7 Å². The van der Waals surface area contributed by atoms with E-state index in [0.29, 0.717) is 0 Å². The maximum Gasteiger partial charge on any atom is 0.326 e. The lowest BCUT2D eigenvalue weighted by atomic mass is 9.85. The molecular formula is C20H20N6O6. The summed E-state index contributed by atoms with van der Waals surface area (Å²) < 4.78 is 6.52. The van der Waals surface area contributed by atoms with Crippen LogP contribution in [0.25, 0.3) is 11.2 Å². The fraction of sp³-hybridized carbons (Fsp3) is 0.450. The smallest absolute Gasteiger partial charge is 0.326 e. The third-order valence-electron chi connectivity index (χ3n) is 6.21. The van der Waals surface area contributed by atoms with Gasteiger partial charge in [-0.25, -0.2) is 4.98 Å². The first kappa shape index (κ1) is 20.1. The van der Waals surface area contributed by atoms with Gasteiger partial charge in [-0.05, 0) is 18.3 Å². The summed E-state index contributed by atoms with van der Waals surface area (Å²) in [5.41, 5.74) is -0.448. The van der Waals surface area contributed by atoms with Crippen LogP contribution in [0.1, 0.15) is 13.3 Å². The Morgan fingerprint density at radius 3 is 2.53 bits per heavy atom. The van der Waals surface area contributed by atoms with E-state index in [9.17, 15) is 24.0 Å². The molecule has 166 valence electrons. The molecule has 2 fully saturated rings. The highest BCUT2D eigenvalue weighted by Crippen LogP contribution is 2.52. The van der Waals surface area contributed by atoms with Crippen molar-refractivity contribution in [3.8, 4) is 0 Å². The summed E-state index contributed by atoms with van der Waals surface area (Å²) in [5.74, 6) is -1.83. The number of nitrogens with zero attached hydrogens (tertiary/aromatic N) is 4. The first-order chi connectivity index (χ1) is 15.3. The van der Waals surface area contributed by atoms with Gasteiger partial charge in [-0.1, -0.05) is 12.2 Å². The summed E-state index contributed by atoms with van der Waals surface area (Å²) in [7, 11) is 0. The lowest BCUT2D eigenvalue weighted by Crippen LogP contribution is -2.36. The lowest BCUT2D eigenvalue weighted by molar-refractivity contribution is -0.149. The Bertz CT molecular complexity index is 1210. The van der Waals surface area contributed by atoms with Crippen LogP contribution in [0.4, 0.5) is 5.95 Å². The van der Waals surface area contributed by atoms with Gasteiger partial charge in [0.2, 0.25) is 23.7 Å². The predicted octanol–water partition coefficient (Wildman–Crippen LogP) is -0.572. The molecule has 1 aliphatic heterocycles. The Morgan fingerprint density at radius 2 is 1.88 bits per heavy atom. The molecule has 3 heterocycles. The molecule has 2 aromatic rings. The number of carbonyl (C=O) groups excluding carboxylic acids is 4. The highest BCUT2D eigenvalue weighted by molar-refractivity contribution is 6.06. The molecule has 2 bridgehead atoms. The van der Waals surface area contributed by atoms with Crippen LogP contribution < -0.4 is 10.9 Å². The number of rotatable bonds is 6. The third kappa shape index (κ3) is 3.18. The minimum atomic E-state index is -0.645. The van der Waals surface area contributed by atoms with Gasteiger partial charge in [0.25, 0.3) is 5.56 Å².